The smallest absolute Gasteiger partial charge is 0.341 e. The SMILES string of the molecule is CCOC(=O)c1cc2c(NC(=O)c3cccnc3)nn(C(=O)C(N)C(C)C)c2nc1N. The van der Waals surface area contributed by atoms with Gasteiger partial charge in [-0.2, -0.15) is 4.68 Å². The van der Waals surface area contributed by atoms with E-state index in [9.17, 15) is 14.4 Å². The normalized spacial score (nSPS) is 12.0. The summed E-state index contributed by atoms with van der Waals surface area (Å²) in [6.07, 6.45) is 2.92. The molecule has 0 aromatic carbocycles. The van der Waals surface area contributed by atoms with Crippen LogP contribution >= 0.6 is 0 Å². The molecule has 31 heavy (non-hydrogen) atoms. The number of aromatic nitrogens is 4. The first-order valence-corrected chi connectivity index (χ1v) is 9.62. The van der Waals surface area contributed by atoms with Crippen molar-refractivity contribution in [3.8, 4) is 0 Å². The maximum absolute atomic E-state index is 12.9. The van der Waals surface area contributed by atoms with E-state index in [4.69, 9.17) is 16.2 Å². The van der Waals surface area contributed by atoms with Crippen LogP contribution in [-0.4, -0.2) is 50.2 Å². The predicted molar refractivity (Wildman–Crippen MR) is 114 cm³/mol. The number of nitrogens with two attached hydrogens (primary N) is 2. The molecule has 0 aliphatic carbocycles. The summed E-state index contributed by atoms with van der Waals surface area (Å²) in [4.78, 5) is 45.8. The van der Waals surface area contributed by atoms with Crippen molar-refractivity contribution in [1.82, 2.24) is 19.7 Å². The van der Waals surface area contributed by atoms with E-state index in [1.54, 1.807) is 32.9 Å². The number of hydrogen-bond acceptors (Lipinski definition) is 9. The van der Waals surface area contributed by atoms with Crippen molar-refractivity contribution in [1.29, 1.82) is 0 Å². The van der Waals surface area contributed by atoms with Crippen LogP contribution in [0.3, 0.4) is 0 Å². The molecule has 0 aliphatic rings. The molecule has 3 heterocycles. The molecule has 3 aromatic rings. The third kappa shape index (κ3) is 4.36. The van der Waals surface area contributed by atoms with E-state index in [2.05, 4.69) is 20.4 Å². The monoisotopic (exact) mass is 425 g/mol. The third-order valence-corrected chi connectivity index (χ3v) is 4.55. The number of carbonyl (C=O) groups excluding carboxylic acids is 3. The molecular formula is C20H23N7O4. The summed E-state index contributed by atoms with van der Waals surface area (Å²) in [5.41, 5.74) is 12.3. The second-order valence-corrected chi connectivity index (χ2v) is 7.08. The molecule has 1 unspecified atom stereocenters. The molecule has 0 aliphatic heterocycles. The molecule has 3 aromatic heterocycles. The molecule has 0 bridgehead atoms. The highest BCUT2D eigenvalue weighted by atomic mass is 16.5. The first-order chi connectivity index (χ1) is 14.7. The van der Waals surface area contributed by atoms with E-state index >= 15 is 0 Å². The van der Waals surface area contributed by atoms with Gasteiger partial charge in [-0.05, 0) is 31.0 Å². The average Bonchev–Trinajstić information content (AvgIpc) is 3.09. The van der Waals surface area contributed by atoms with Gasteiger partial charge in [0.15, 0.2) is 11.5 Å². The van der Waals surface area contributed by atoms with Gasteiger partial charge in [-0.25, -0.2) is 9.78 Å². The molecule has 0 saturated carbocycles. The van der Waals surface area contributed by atoms with Gasteiger partial charge in [0.05, 0.1) is 23.6 Å². The lowest BCUT2D eigenvalue weighted by atomic mass is 10.1. The number of ether oxygens (including phenoxy) is 1. The van der Waals surface area contributed by atoms with E-state index < -0.39 is 23.8 Å². The van der Waals surface area contributed by atoms with Crippen LogP contribution in [0.5, 0.6) is 0 Å². The second kappa shape index (κ2) is 8.88. The number of nitrogen functional groups attached to an aromatic ring is 1. The van der Waals surface area contributed by atoms with Crippen LogP contribution in [0.4, 0.5) is 11.6 Å². The molecule has 5 N–H and O–H groups in total. The van der Waals surface area contributed by atoms with Gasteiger partial charge < -0.3 is 21.5 Å². The lowest BCUT2D eigenvalue weighted by Crippen LogP contribution is -2.39. The summed E-state index contributed by atoms with van der Waals surface area (Å²) in [7, 11) is 0. The van der Waals surface area contributed by atoms with Crippen LogP contribution < -0.4 is 16.8 Å². The highest BCUT2D eigenvalue weighted by Crippen LogP contribution is 2.27. The Morgan fingerprint density at radius 3 is 2.65 bits per heavy atom. The molecule has 11 nitrogen and oxygen atoms in total. The predicted octanol–water partition coefficient (Wildman–Crippen LogP) is 1.46. The third-order valence-electron chi connectivity index (χ3n) is 4.55. The summed E-state index contributed by atoms with van der Waals surface area (Å²) in [6, 6.07) is 3.70. The minimum absolute atomic E-state index is 0.00798. The Hall–Kier alpha value is -3.86. The Kier molecular flexibility index (Phi) is 6.25. The maximum Gasteiger partial charge on any atom is 0.341 e. The summed E-state index contributed by atoms with van der Waals surface area (Å²) >= 11 is 0. The molecular weight excluding hydrogens is 402 g/mol. The number of esters is 1. The zero-order valence-electron chi connectivity index (χ0n) is 17.3. The lowest BCUT2D eigenvalue weighted by molar-refractivity contribution is 0.0527. The Balaban J connectivity index is 2.14. The topological polar surface area (TPSA) is 168 Å². The van der Waals surface area contributed by atoms with E-state index in [1.165, 1.54) is 18.5 Å². The van der Waals surface area contributed by atoms with Crippen LogP contribution in [-0.2, 0) is 4.74 Å². The van der Waals surface area contributed by atoms with Crippen molar-refractivity contribution in [2.24, 2.45) is 11.7 Å². The molecule has 1 atom stereocenters. The zero-order chi connectivity index (χ0) is 22.7. The van der Waals surface area contributed by atoms with Crippen LogP contribution in [0.2, 0.25) is 0 Å². The number of carbonyl (C=O) groups is 3. The van der Waals surface area contributed by atoms with Crippen molar-refractivity contribution >= 4 is 40.5 Å². The van der Waals surface area contributed by atoms with Gasteiger partial charge in [-0.15, -0.1) is 5.10 Å². The molecule has 0 fully saturated rings. The quantitative estimate of drug-likeness (QED) is 0.495. The van der Waals surface area contributed by atoms with Crippen molar-refractivity contribution in [3.05, 3.63) is 41.7 Å². The fourth-order valence-electron chi connectivity index (χ4n) is 2.78. The van der Waals surface area contributed by atoms with E-state index in [0.717, 1.165) is 4.68 Å². The lowest BCUT2D eigenvalue weighted by Gasteiger charge is -2.14. The highest BCUT2D eigenvalue weighted by Gasteiger charge is 2.27. The first-order valence-electron chi connectivity index (χ1n) is 9.62. The van der Waals surface area contributed by atoms with Crippen LogP contribution in [0.1, 0.15) is 46.3 Å². The van der Waals surface area contributed by atoms with Crippen LogP contribution in [0.15, 0.2) is 30.6 Å². The van der Waals surface area contributed by atoms with Crippen molar-refractivity contribution < 1.29 is 19.1 Å². The van der Waals surface area contributed by atoms with Gasteiger partial charge >= 0.3 is 5.97 Å². The number of nitrogens with one attached hydrogen (secondary N) is 1. The van der Waals surface area contributed by atoms with Crippen LogP contribution in [0.25, 0.3) is 11.0 Å². The van der Waals surface area contributed by atoms with Crippen molar-refractivity contribution in [2.45, 2.75) is 26.8 Å². The van der Waals surface area contributed by atoms with Gasteiger partial charge in [0.25, 0.3) is 11.8 Å². The number of anilines is 2. The minimum Gasteiger partial charge on any atom is -0.462 e. The Morgan fingerprint density at radius 1 is 1.29 bits per heavy atom. The molecule has 162 valence electrons. The van der Waals surface area contributed by atoms with Crippen LogP contribution in [0, 0.1) is 5.92 Å². The molecule has 1 amide bonds. The summed E-state index contributed by atoms with van der Waals surface area (Å²) in [5, 5.41) is 7.07. The van der Waals surface area contributed by atoms with Gasteiger partial charge in [0.2, 0.25) is 0 Å². The van der Waals surface area contributed by atoms with E-state index in [0.29, 0.717) is 0 Å². The minimum atomic E-state index is -0.863. The second-order valence-electron chi connectivity index (χ2n) is 7.08. The van der Waals surface area contributed by atoms with Gasteiger partial charge in [0, 0.05) is 12.4 Å². The highest BCUT2D eigenvalue weighted by molar-refractivity contribution is 6.10. The van der Waals surface area contributed by atoms with E-state index in [1.807, 2.05) is 0 Å². The zero-order valence-corrected chi connectivity index (χ0v) is 17.3. The van der Waals surface area contributed by atoms with Gasteiger partial charge in [0.1, 0.15) is 11.4 Å². The van der Waals surface area contributed by atoms with Crippen molar-refractivity contribution in [3.63, 3.8) is 0 Å². The molecule has 0 saturated heterocycles. The molecule has 3 rings (SSSR count). The number of amides is 1. The summed E-state index contributed by atoms with van der Waals surface area (Å²) in [6.45, 7) is 5.38. The number of nitrogens with zero attached hydrogens (tertiary/aromatic N) is 4. The Morgan fingerprint density at radius 2 is 2.03 bits per heavy atom. The van der Waals surface area contributed by atoms with Crippen molar-refractivity contribution in [2.75, 3.05) is 17.7 Å². The number of fused-ring (bicyclic) bond motifs is 1. The van der Waals surface area contributed by atoms with E-state index in [-0.39, 0.29) is 46.3 Å². The first kappa shape index (κ1) is 21.8. The summed E-state index contributed by atoms with van der Waals surface area (Å²) < 4.78 is 5.99. The number of hydrogen-bond donors (Lipinski definition) is 3. The number of pyridine rings is 2. The van der Waals surface area contributed by atoms with Gasteiger partial charge in [-0.3, -0.25) is 14.6 Å². The fraction of sp³-hybridized carbons (Fsp3) is 0.300. The largest absolute Gasteiger partial charge is 0.462 e. The fourth-order valence-corrected chi connectivity index (χ4v) is 2.78. The molecule has 11 heteroatoms. The van der Waals surface area contributed by atoms with Gasteiger partial charge in [-0.1, -0.05) is 13.8 Å². The maximum atomic E-state index is 12.9. The average molecular weight is 425 g/mol. The summed E-state index contributed by atoms with van der Waals surface area (Å²) in [5.74, 6) is -2.00. The standard InChI is InChI=1S/C20H23N7O4/c1-4-31-20(30)12-8-13-16(25-18(28)11-6-5-7-23-9-11)26-27(17(13)24-15(12)22)19(29)14(21)10(2)3/h5-10,14H,4,21H2,1-3H3,(H2,22,24)(H,25,26,28). The number of rotatable bonds is 6. The molecule has 0 radical (unpaired) electrons. The molecule has 0 spiro atoms. The Labute approximate surface area is 177 Å². The Bertz CT molecular complexity index is 1140.